The molecule has 3 heteroatoms. The van der Waals surface area contributed by atoms with Gasteiger partial charge in [0, 0.05) is 12.2 Å². The van der Waals surface area contributed by atoms with Crippen molar-refractivity contribution in [2.45, 2.75) is 26.8 Å². The van der Waals surface area contributed by atoms with Crippen molar-refractivity contribution in [3.05, 3.63) is 64.7 Å². The first-order valence-electron chi connectivity index (χ1n) is 6.73. The summed E-state index contributed by atoms with van der Waals surface area (Å²) < 4.78 is 0. The molecule has 3 nitrogen and oxygen atoms in total. The van der Waals surface area contributed by atoms with Gasteiger partial charge in [0.25, 0.3) is 0 Å². The van der Waals surface area contributed by atoms with Crippen molar-refractivity contribution in [2.24, 2.45) is 5.73 Å². The summed E-state index contributed by atoms with van der Waals surface area (Å²) in [5.41, 5.74) is 10.7. The van der Waals surface area contributed by atoms with Gasteiger partial charge in [-0.15, -0.1) is 0 Å². The van der Waals surface area contributed by atoms with Crippen LogP contribution in [0.1, 0.15) is 22.3 Å². The summed E-state index contributed by atoms with van der Waals surface area (Å²) in [5, 5.41) is 2.96. The van der Waals surface area contributed by atoms with E-state index in [-0.39, 0.29) is 5.91 Å². The minimum absolute atomic E-state index is 0.000742. The monoisotopic (exact) mass is 268 g/mol. The van der Waals surface area contributed by atoms with Crippen LogP contribution in [-0.2, 0) is 17.8 Å². The first-order chi connectivity index (χ1) is 9.58. The second-order valence-electron chi connectivity index (χ2n) is 5.06. The van der Waals surface area contributed by atoms with Crippen LogP contribution in [-0.4, -0.2) is 5.91 Å². The van der Waals surface area contributed by atoms with E-state index >= 15 is 0 Å². The van der Waals surface area contributed by atoms with E-state index in [1.165, 1.54) is 0 Å². The molecule has 0 unspecified atom stereocenters. The maximum Gasteiger partial charge on any atom is 0.228 e. The highest BCUT2D eigenvalue weighted by atomic mass is 16.1. The lowest BCUT2D eigenvalue weighted by molar-refractivity contribution is -0.115. The number of hydrogen-bond donors (Lipinski definition) is 2. The average Bonchev–Trinajstić information content (AvgIpc) is 2.43. The average molecular weight is 268 g/mol. The molecule has 2 rings (SSSR count). The van der Waals surface area contributed by atoms with Crippen LogP contribution < -0.4 is 11.1 Å². The molecule has 0 heterocycles. The molecule has 1 amide bonds. The fourth-order valence-corrected chi connectivity index (χ4v) is 2.04. The SMILES string of the molecule is Cc1ccc(C)c(NC(=O)Cc2ccc(CN)cc2)c1. The van der Waals surface area contributed by atoms with E-state index < -0.39 is 0 Å². The third kappa shape index (κ3) is 3.68. The number of hydrogen-bond acceptors (Lipinski definition) is 2. The first kappa shape index (κ1) is 14.3. The van der Waals surface area contributed by atoms with Crippen molar-refractivity contribution < 1.29 is 4.79 Å². The molecular formula is C17H20N2O. The van der Waals surface area contributed by atoms with Crippen LogP contribution in [0.15, 0.2) is 42.5 Å². The zero-order valence-corrected chi connectivity index (χ0v) is 11.9. The number of nitrogens with two attached hydrogens (primary N) is 1. The Labute approximate surface area is 119 Å². The van der Waals surface area contributed by atoms with Gasteiger partial charge in [-0.05, 0) is 42.2 Å². The molecule has 2 aromatic carbocycles. The summed E-state index contributed by atoms with van der Waals surface area (Å²) in [6.07, 6.45) is 0.373. The molecule has 0 saturated carbocycles. The highest BCUT2D eigenvalue weighted by molar-refractivity contribution is 5.93. The van der Waals surface area contributed by atoms with Gasteiger partial charge in [0.15, 0.2) is 0 Å². The minimum Gasteiger partial charge on any atom is -0.326 e. The van der Waals surface area contributed by atoms with E-state index in [1.54, 1.807) is 0 Å². The lowest BCUT2D eigenvalue weighted by Crippen LogP contribution is -2.15. The van der Waals surface area contributed by atoms with Gasteiger partial charge >= 0.3 is 0 Å². The lowest BCUT2D eigenvalue weighted by atomic mass is 10.1. The first-order valence-corrected chi connectivity index (χ1v) is 6.73. The van der Waals surface area contributed by atoms with Gasteiger partial charge in [0.05, 0.1) is 6.42 Å². The Morgan fingerprint density at radius 1 is 1.05 bits per heavy atom. The number of benzene rings is 2. The van der Waals surface area contributed by atoms with E-state index in [0.717, 1.165) is 27.9 Å². The summed E-state index contributed by atoms with van der Waals surface area (Å²) in [5.74, 6) is -0.000742. The molecule has 104 valence electrons. The molecule has 0 aliphatic heterocycles. The zero-order valence-electron chi connectivity index (χ0n) is 11.9. The standard InChI is InChI=1S/C17H20N2O/c1-12-3-4-13(2)16(9-12)19-17(20)10-14-5-7-15(11-18)8-6-14/h3-9H,10-11,18H2,1-2H3,(H,19,20). The Balaban J connectivity index is 2.03. The summed E-state index contributed by atoms with van der Waals surface area (Å²) in [7, 11) is 0. The fourth-order valence-electron chi connectivity index (χ4n) is 2.04. The van der Waals surface area contributed by atoms with Gasteiger partial charge in [-0.3, -0.25) is 4.79 Å². The van der Waals surface area contributed by atoms with E-state index in [0.29, 0.717) is 13.0 Å². The van der Waals surface area contributed by atoms with E-state index in [9.17, 15) is 4.79 Å². The van der Waals surface area contributed by atoms with Crippen LogP contribution in [0.5, 0.6) is 0 Å². The maximum atomic E-state index is 12.1. The molecule has 0 fully saturated rings. The molecule has 0 radical (unpaired) electrons. The van der Waals surface area contributed by atoms with Crippen LogP contribution in [0, 0.1) is 13.8 Å². The maximum absolute atomic E-state index is 12.1. The molecule has 0 aromatic heterocycles. The molecular weight excluding hydrogens is 248 g/mol. The number of nitrogens with one attached hydrogen (secondary N) is 1. The molecule has 2 aromatic rings. The fraction of sp³-hybridized carbons (Fsp3) is 0.235. The van der Waals surface area contributed by atoms with Crippen LogP contribution in [0.2, 0.25) is 0 Å². The minimum atomic E-state index is -0.000742. The largest absolute Gasteiger partial charge is 0.326 e. The van der Waals surface area contributed by atoms with Crippen molar-refractivity contribution in [2.75, 3.05) is 5.32 Å². The molecule has 20 heavy (non-hydrogen) atoms. The number of carbonyl (C=O) groups excluding carboxylic acids is 1. The highest BCUT2D eigenvalue weighted by Crippen LogP contribution is 2.16. The van der Waals surface area contributed by atoms with Gasteiger partial charge in [-0.1, -0.05) is 36.4 Å². The summed E-state index contributed by atoms with van der Waals surface area (Å²) in [4.78, 5) is 12.1. The second kappa shape index (κ2) is 6.35. The quantitative estimate of drug-likeness (QED) is 0.895. The van der Waals surface area contributed by atoms with Crippen molar-refractivity contribution in [1.29, 1.82) is 0 Å². The van der Waals surface area contributed by atoms with E-state index in [2.05, 4.69) is 5.32 Å². The Hall–Kier alpha value is -2.13. The Morgan fingerprint density at radius 3 is 2.35 bits per heavy atom. The molecule has 0 atom stereocenters. The lowest BCUT2D eigenvalue weighted by Gasteiger charge is -2.09. The normalized spacial score (nSPS) is 10.3. The van der Waals surface area contributed by atoms with Crippen LogP contribution in [0.25, 0.3) is 0 Å². The second-order valence-corrected chi connectivity index (χ2v) is 5.06. The third-order valence-corrected chi connectivity index (χ3v) is 3.29. The topological polar surface area (TPSA) is 55.1 Å². The number of anilines is 1. The molecule has 0 bridgehead atoms. The predicted molar refractivity (Wildman–Crippen MR) is 82.6 cm³/mol. The van der Waals surface area contributed by atoms with Crippen molar-refractivity contribution in [3.63, 3.8) is 0 Å². The number of amides is 1. The van der Waals surface area contributed by atoms with E-state index in [4.69, 9.17) is 5.73 Å². The summed E-state index contributed by atoms with van der Waals surface area (Å²) in [6.45, 7) is 4.53. The third-order valence-electron chi connectivity index (χ3n) is 3.29. The van der Waals surface area contributed by atoms with Crippen LogP contribution in [0.3, 0.4) is 0 Å². The van der Waals surface area contributed by atoms with Gasteiger partial charge in [0.1, 0.15) is 0 Å². The van der Waals surface area contributed by atoms with Gasteiger partial charge in [-0.2, -0.15) is 0 Å². The number of rotatable bonds is 4. The van der Waals surface area contributed by atoms with Crippen LogP contribution >= 0.6 is 0 Å². The Bertz CT molecular complexity index is 603. The van der Waals surface area contributed by atoms with Gasteiger partial charge in [-0.25, -0.2) is 0 Å². The Morgan fingerprint density at radius 2 is 1.70 bits per heavy atom. The molecule has 3 N–H and O–H groups in total. The van der Waals surface area contributed by atoms with Gasteiger partial charge in [0.2, 0.25) is 5.91 Å². The predicted octanol–water partition coefficient (Wildman–Crippen LogP) is 2.94. The molecule has 0 aliphatic carbocycles. The van der Waals surface area contributed by atoms with E-state index in [1.807, 2.05) is 56.3 Å². The summed E-state index contributed by atoms with van der Waals surface area (Å²) in [6, 6.07) is 13.9. The molecule has 0 aliphatic rings. The van der Waals surface area contributed by atoms with Crippen molar-refractivity contribution >= 4 is 11.6 Å². The zero-order chi connectivity index (χ0) is 14.5. The molecule has 0 spiro atoms. The summed E-state index contributed by atoms with van der Waals surface area (Å²) >= 11 is 0. The van der Waals surface area contributed by atoms with Crippen LogP contribution in [0.4, 0.5) is 5.69 Å². The number of carbonyl (C=O) groups is 1. The highest BCUT2D eigenvalue weighted by Gasteiger charge is 2.06. The smallest absolute Gasteiger partial charge is 0.228 e. The molecule has 0 saturated heterocycles. The van der Waals surface area contributed by atoms with Crippen molar-refractivity contribution in [3.8, 4) is 0 Å². The Kier molecular flexibility index (Phi) is 4.53. The number of aryl methyl sites for hydroxylation is 2. The van der Waals surface area contributed by atoms with Gasteiger partial charge < -0.3 is 11.1 Å². The van der Waals surface area contributed by atoms with Crippen molar-refractivity contribution in [1.82, 2.24) is 0 Å².